The molecule has 11 heteroatoms. The van der Waals surface area contributed by atoms with Gasteiger partial charge in [0.15, 0.2) is 5.82 Å². The predicted molar refractivity (Wildman–Crippen MR) is 180 cm³/mol. The number of aromatic hydroxyl groups is 1. The third kappa shape index (κ3) is 5.66. The second kappa shape index (κ2) is 12.3. The zero-order valence-corrected chi connectivity index (χ0v) is 27.0. The fourth-order valence-electron chi connectivity index (χ4n) is 7.79. The van der Waals surface area contributed by atoms with E-state index in [4.69, 9.17) is 25.6 Å². The molecule has 4 heterocycles. The van der Waals surface area contributed by atoms with Gasteiger partial charge in [-0.25, -0.2) is 8.78 Å². The summed E-state index contributed by atoms with van der Waals surface area (Å²) in [6.45, 7) is 6.19. The van der Waals surface area contributed by atoms with Crippen molar-refractivity contribution in [1.82, 2.24) is 20.2 Å². The van der Waals surface area contributed by atoms with Crippen LogP contribution in [0.15, 0.2) is 30.3 Å². The molecule has 0 radical (unpaired) electrons. The number of terminal acetylenes is 1. The Labute approximate surface area is 278 Å². The average Bonchev–Trinajstić information content (AvgIpc) is 3.84. The number of ether oxygens (including phenoxy) is 3. The smallest absolute Gasteiger partial charge is 0.319 e. The number of nitrogens with one attached hydrogen (secondary N) is 1. The van der Waals surface area contributed by atoms with E-state index in [1.54, 1.807) is 6.07 Å². The third-order valence-electron chi connectivity index (χ3n) is 10.4. The molecule has 3 aromatic carbocycles. The van der Waals surface area contributed by atoms with Crippen LogP contribution in [0, 0.1) is 29.4 Å². The number of phenols is 1. The number of phenolic OH excluding ortho intramolecular Hbond substituents is 1. The van der Waals surface area contributed by atoms with Gasteiger partial charge in [0.1, 0.15) is 28.7 Å². The molecule has 3 aliphatic heterocycles. The first-order valence-electron chi connectivity index (χ1n) is 16.8. The maximum Gasteiger partial charge on any atom is 0.319 e. The molecule has 4 fully saturated rings. The molecule has 9 nitrogen and oxygen atoms in total. The van der Waals surface area contributed by atoms with E-state index in [1.165, 1.54) is 31.4 Å². The minimum absolute atomic E-state index is 0.00321. The number of halogens is 2. The Hall–Kier alpha value is -4.24. The minimum atomic E-state index is -0.694. The fraction of sp³-hybridized carbons (Fsp3) is 0.459. The van der Waals surface area contributed by atoms with Gasteiger partial charge >= 0.3 is 6.01 Å². The lowest BCUT2D eigenvalue weighted by Crippen LogP contribution is -2.51. The van der Waals surface area contributed by atoms with Crippen molar-refractivity contribution in [3.05, 3.63) is 47.5 Å². The van der Waals surface area contributed by atoms with Crippen molar-refractivity contribution in [1.29, 1.82) is 0 Å². The second-order valence-electron chi connectivity index (χ2n) is 13.7. The normalized spacial score (nSPS) is 22.1. The van der Waals surface area contributed by atoms with Crippen LogP contribution in [0.1, 0.15) is 37.7 Å². The zero-order valence-electron chi connectivity index (χ0n) is 27.0. The molecule has 2 unspecified atom stereocenters. The lowest BCUT2D eigenvalue weighted by atomic mass is 9.92. The summed E-state index contributed by atoms with van der Waals surface area (Å²) in [7, 11) is 1.45. The Kier molecular flexibility index (Phi) is 7.98. The Morgan fingerprint density at radius 2 is 1.92 bits per heavy atom. The lowest BCUT2D eigenvalue weighted by molar-refractivity contribution is 0.127. The van der Waals surface area contributed by atoms with Crippen LogP contribution in [-0.2, 0) is 4.74 Å². The molecule has 1 aliphatic carbocycles. The number of rotatable bonds is 8. The summed E-state index contributed by atoms with van der Waals surface area (Å²) in [5.74, 6) is 1.76. The molecule has 4 aromatic rings. The van der Waals surface area contributed by atoms with E-state index in [9.17, 15) is 9.50 Å². The standard InChI is InChI=1S/C37H39F2N5O4/c1-3-26-29(38)8-5-22-15-25(45)16-27(31(22)26)32-30(46-2)17-28-34(33(32)39)41-36(42-35(28)44-18-23-6-7-24(19-44)40-23)48-21-37(9-10-37)20-43-11-4-13-47-14-12-43/h1,5,8,15-17,23-24,40,45H,4,6-7,9-14,18-21H2,2H3. The Morgan fingerprint density at radius 1 is 1.10 bits per heavy atom. The summed E-state index contributed by atoms with van der Waals surface area (Å²) < 4.78 is 50.0. The topological polar surface area (TPSA) is 92.2 Å². The Balaban J connectivity index is 1.25. The molecule has 2 N–H and O–H groups in total. The monoisotopic (exact) mass is 655 g/mol. The summed E-state index contributed by atoms with van der Waals surface area (Å²) in [5.41, 5.74) is 0.247. The maximum atomic E-state index is 17.2. The summed E-state index contributed by atoms with van der Waals surface area (Å²) in [6.07, 6.45) is 11.0. The molecule has 1 saturated carbocycles. The number of benzene rings is 3. The van der Waals surface area contributed by atoms with Gasteiger partial charge in [0, 0.05) is 73.2 Å². The number of anilines is 1. The van der Waals surface area contributed by atoms with Crippen molar-refractivity contribution in [3.63, 3.8) is 0 Å². The van der Waals surface area contributed by atoms with Gasteiger partial charge < -0.3 is 34.4 Å². The first-order valence-corrected chi connectivity index (χ1v) is 16.8. The number of hydrogen-bond acceptors (Lipinski definition) is 9. The lowest BCUT2D eigenvalue weighted by Gasteiger charge is -2.34. The molecule has 0 amide bonds. The quantitative estimate of drug-likeness (QED) is 0.247. The van der Waals surface area contributed by atoms with Gasteiger partial charge in [-0.15, -0.1) is 6.42 Å². The highest BCUT2D eigenvalue weighted by Crippen LogP contribution is 2.48. The highest BCUT2D eigenvalue weighted by atomic mass is 19.1. The number of fused-ring (bicyclic) bond motifs is 4. The van der Waals surface area contributed by atoms with E-state index >= 15 is 4.39 Å². The van der Waals surface area contributed by atoms with Crippen molar-refractivity contribution in [3.8, 4) is 41.0 Å². The first kappa shape index (κ1) is 31.1. The predicted octanol–water partition coefficient (Wildman–Crippen LogP) is 5.25. The van der Waals surface area contributed by atoms with Crippen LogP contribution in [0.3, 0.4) is 0 Å². The van der Waals surface area contributed by atoms with Crippen molar-refractivity contribution >= 4 is 27.5 Å². The fourth-order valence-corrected chi connectivity index (χ4v) is 7.79. The number of piperazine rings is 1. The average molecular weight is 656 g/mol. The molecule has 0 spiro atoms. The van der Waals surface area contributed by atoms with Crippen LogP contribution in [0.25, 0.3) is 32.8 Å². The Bertz CT molecular complexity index is 1920. The summed E-state index contributed by atoms with van der Waals surface area (Å²) in [5, 5.41) is 15.6. The second-order valence-corrected chi connectivity index (χ2v) is 13.7. The highest BCUT2D eigenvalue weighted by Gasteiger charge is 2.45. The van der Waals surface area contributed by atoms with Crippen LogP contribution in [-0.4, -0.2) is 91.7 Å². The van der Waals surface area contributed by atoms with Gasteiger partial charge in [0.05, 0.1) is 31.5 Å². The molecule has 2 bridgehead atoms. The van der Waals surface area contributed by atoms with Crippen molar-refractivity contribution in [2.24, 2.45) is 5.41 Å². The van der Waals surface area contributed by atoms with Crippen LogP contribution < -0.4 is 19.7 Å². The largest absolute Gasteiger partial charge is 0.508 e. The van der Waals surface area contributed by atoms with Gasteiger partial charge in [0.25, 0.3) is 0 Å². The van der Waals surface area contributed by atoms with Crippen molar-refractivity contribution in [2.45, 2.75) is 44.2 Å². The van der Waals surface area contributed by atoms with E-state index in [2.05, 4.69) is 26.0 Å². The molecule has 2 atom stereocenters. The van der Waals surface area contributed by atoms with Crippen LogP contribution >= 0.6 is 0 Å². The van der Waals surface area contributed by atoms with E-state index in [1.807, 2.05) is 0 Å². The van der Waals surface area contributed by atoms with Crippen molar-refractivity contribution in [2.75, 3.05) is 64.6 Å². The molecule has 8 rings (SSSR count). The number of hydrogen-bond donors (Lipinski definition) is 2. The summed E-state index contributed by atoms with van der Waals surface area (Å²) in [6, 6.07) is 8.07. The summed E-state index contributed by atoms with van der Waals surface area (Å²) >= 11 is 0. The number of methoxy groups -OCH3 is 1. The van der Waals surface area contributed by atoms with E-state index < -0.39 is 11.6 Å². The number of nitrogens with zero attached hydrogens (tertiary/aromatic N) is 4. The van der Waals surface area contributed by atoms with E-state index in [0.29, 0.717) is 40.7 Å². The highest BCUT2D eigenvalue weighted by molar-refractivity contribution is 6.05. The van der Waals surface area contributed by atoms with E-state index in [-0.39, 0.29) is 45.1 Å². The van der Waals surface area contributed by atoms with Gasteiger partial charge in [-0.1, -0.05) is 12.0 Å². The third-order valence-corrected chi connectivity index (χ3v) is 10.4. The van der Waals surface area contributed by atoms with Gasteiger partial charge in [0.2, 0.25) is 0 Å². The number of aromatic nitrogens is 2. The summed E-state index contributed by atoms with van der Waals surface area (Å²) in [4.78, 5) is 14.2. The van der Waals surface area contributed by atoms with Gasteiger partial charge in [-0.2, -0.15) is 9.97 Å². The maximum absolute atomic E-state index is 17.2. The molecule has 4 aliphatic rings. The first-order chi connectivity index (χ1) is 23.3. The van der Waals surface area contributed by atoms with Crippen molar-refractivity contribution < 1.29 is 28.1 Å². The van der Waals surface area contributed by atoms with E-state index in [0.717, 1.165) is 78.0 Å². The Morgan fingerprint density at radius 3 is 2.67 bits per heavy atom. The SMILES string of the molecule is C#Cc1c(F)ccc2cc(O)cc(-c3c(OC)cc4c(N5CC6CCC(C5)N6)nc(OCC5(CN6CCCOCC6)CC5)nc4c3F)c12. The van der Waals surface area contributed by atoms with Crippen LogP contribution in [0.4, 0.5) is 14.6 Å². The van der Waals surface area contributed by atoms with Gasteiger partial charge in [-0.05, 0) is 61.8 Å². The minimum Gasteiger partial charge on any atom is -0.508 e. The van der Waals surface area contributed by atoms with Gasteiger partial charge in [-0.3, -0.25) is 0 Å². The molecule has 48 heavy (non-hydrogen) atoms. The molecule has 250 valence electrons. The molecule has 1 aromatic heterocycles. The molecular formula is C37H39F2N5O4. The van der Waals surface area contributed by atoms with Crippen LogP contribution in [0.5, 0.6) is 17.5 Å². The molecule has 3 saturated heterocycles. The molecular weight excluding hydrogens is 616 g/mol. The zero-order chi connectivity index (χ0) is 33.0. The van der Waals surface area contributed by atoms with Crippen LogP contribution in [0.2, 0.25) is 0 Å².